The van der Waals surface area contributed by atoms with Gasteiger partial charge in [-0.3, -0.25) is 4.79 Å². The highest BCUT2D eigenvalue weighted by Gasteiger charge is 2.20. The highest BCUT2D eigenvalue weighted by atomic mass is 16.5. The Balaban J connectivity index is 1.58. The number of benzene rings is 1. The number of aromatic nitrogens is 3. The average Bonchev–Trinajstić information content (AvgIpc) is 3.09. The number of aliphatic hydroxyl groups is 1. The molecule has 3 aromatic rings. The minimum Gasteiger partial charge on any atom is -0.386 e. The van der Waals surface area contributed by atoms with Crippen molar-refractivity contribution in [2.24, 2.45) is 0 Å². The molecule has 1 fully saturated rings. The van der Waals surface area contributed by atoms with Crippen molar-refractivity contribution in [2.75, 3.05) is 20.7 Å². The fourth-order valence-corrected chi connectivity index (χ4v) is 3.20. The number of nitrogens with zero attached hydrogens (tertiary/aromatic N) is 4. The highest BCUT2D eigenvalue weighted by Crippen LogP contribution is 2.25. The Labute approximate surface area is 163 Å². The van der Waals surface area contributed by atoms with E-state index in [9.17, 15) is 9.90 Å². The lowest BCUT2D eigenvalue weighted by Crippen LogP contribution is -2.24. The van der Waals surface area contributed by atoms with Gasteiger partial charge in [-0.25, -0.2) is 9.67 Å². The number of pyridine rings is 1. The lowest BCUT2D eigenvalue weighted by molar-refractivity contribution is -0.0427. The molecule has 1 N–H and O–H groups in total. The molecule has 146 valence electrons. The summed E-state index contributed by atoms with van der Waals surface area (Å²) in [6, 6.07) is 9.17. The van der Waals surface area contributed by atoms with Gasteiger partial charge >= 0.3 is 0 Å². The summed E-state index contributed by atoms with van der Waals surface area (Å²) in [4.78, 5) is 18.3. The third-order valence-corrected chi connectivity index (χ3v) is 5.10. The van der Waals surface area contributed by atoms with Gasteiger partial charge in [0.2, 0.25) is 0 Å². The van der Waals surface area contributed by atoms with E-state index in [0.717, 1.165) is 23.9 Å². The summed E-state index contributed by atoms with van der Waals surface area (Å²) >= 11 is 0. The predicted octanol–water partition coefficient (Wildman–Crippen LogP) is 2.72. The molecule has 1 aliphatic carbocycles. The fourth-order valence-electron chi connectivity index (χ4n) is 3.20. The number of aliphatic hydroxyl groups excluding tert-OH is 1. The van der Waals surface area contributed by atoms with Crippen LogP contribution in [0.5, 0.6) is 0 Å². The molecule has 28 heavy (non-hydrogen) atoms. The van der Waals surface area contributed by atoms with Crippen molar-refractivity contribution in [2.45, 2.75) is 31.5 Å². The van der Waals surface area contributed by atoms with E-state index >= 15 is 0 Å². The van der Waals surface area contributed by atoms with E-state index in [2.05, 4.69) is 10.1 Å². The van der Waals surface area contributed by atoms with E-state index < -0.39 is 6.10 Å². The molecule has 0 saturated heterocycles. The molecule has 0 unspecified atom stereocenters. The Hall–Kier alpha value is -2.77. The van der Waals surface area contributed by atoms with E-state index in [0.29, 0.717) is 16.8 Å². The number of fused-ring (bicyclic) bond motifs is 1. The van der Waals surface area contributed by atoms with Crippen molar-refractivity contribution in [3.8, 4) is 5.69 Å². The van der Waals surface area contributed by atoms with Crippen LogP contribution in [0, 0.1) is 0 Å². The molecule has 1 amide bonds. The second-order valence-electron chi connectivity index (χ2n) is 7.39. The van der Waals surface area contributed by atoms with Gasteiger partial charge in [-0.15, -0.1) is 0 Å². The van der Waals surface area contributed by atoms with Gasteiger partial charge in [0.15, 0.2) is 5.65 Å². The summed E-state index contributed by atoms with van der Waals surface area (Å²) in [5.74, 6) is -0.0665. The van der Waals surface area contributed by atoms with E-state index in [-0.39, 0.29) is 18.6 Å². The maximum Gasteiger partial charge on any atom is 0.253 e. The number of carbonyl (C=O) groups is 1. The third kappa shape index (κ3) is 3.63. The van der Waals surface area contributed by atoms with Crippen molar-refractivity contribution >= 4 is 16.9 Å². The van der Waals surface area contributed by atoms with Crippen LogP contribution in [0.15, 0.2) is 42.7 Å². The molecule has 0 spiro atoms. The number of ether oxygens (including phenoxy) is 1. The van der Waals surface area contributed by atoms with Gasteiger partial charge in [-0.2, -0.15) is 5.10 Å². The van der Waals surface area contributed by atoms with Crippen LogP contribution in [0.1, 0.15) is 41.3 Å². The Morgan fingerprint density at radius 2 is 2.14 bits per heavy atom. The SMILES string of the molecule is CN(C)C(=O)c1cccc(-n2ncc3cc([C@@H](O)COC4CCC4)cnc32)c1. The van der Waals surface area contributed by atoms with Gasteiger partial charge in [0, 0.05) is 36.8 Å². The molecule has 1 atom stereocenters. The summed E-state index contributed by atoms with van der Waals surface area (Å²) < 4.78 is 7.40. The van der Waals surface area contributed by atoms with Crippen LogP contribution in [0.2, 0.25) is 0 Å². The minimum absolute atomic E-state index is 0.0665. The number of hydrogen-bond donors (Lipinski definition) is 1. The van der Waals surface area contributed by atoms with E-state index in [1.807, 2.05) is 18.2 Å². The second-order valence-corrected chi connectivity index (χ2v) is 7.39. The van der Waals surface area contributed by atoms with E-state index in [4.69, 9.17) is 4.74 Å². The number of rotatable bonds is 6. The van der Waals surface area contributed by atoms with Gasteiger partial charge in [0.05, 0.1) is 24.6 Å². The first kappa shape index (κ1) is 18.6. The van der Waals surface area contributed by atoms with Gasteiger partial charge in [-0.1, -0.05) is 6.07 Å². The summed E-state index contributed by atoms with van der Waals surface area (Å²) in [5.41, 5.74) is 2.73. The summed E-state index contributed by atoms with van der Waals surface area (Å²) in [6.07, 6.45) is 6.30. The maximum atomic E-state index is 12.2. The maximum absolute atomic E-state index is 12.2. The van der Waals surface area contributed by atoms with Gasteiger partial charge in [-0.05, 0) is 43.5 Å². The van der Waals surface area contributed by atoms with Crippen molar-refractivity contribution in [3.63, 3.8) is 0 Å². The number of carbonyl (C=O) groups excluding carboxylic acids is 1. The van der Waals surface area contributed by atoms with Crippen LogP contribution < -0.4 is 0 Å². The standard InChI is InChI=1S/C21H24N4O3/c1-24(2)21(27)14-5-3-6-17(10-14)25-20-16(12-23-25)9-15(11-22-20)19(26)13-28-18-7-4-8-18/h3,5-6,9-12,18-19,26H,4,7-8,13H2,1-2H3/t19-/m0/s1. The fraction of sp³-hybridized carbons (Fsp3) is 0.381. The molecular formula is C21H24N4O3. The van der Waals surface area contributed by atoms with Crippen molar-refractivity contribution < 1.29 is 14.6 Å². The molecule has 2 aromatic heterocycles. The predicted molar refractivity (Wildman–Crippen MR) is 105 cm³/mol. The van der Waals surface area contributed by atoms with E-state index in [1.165, 1.54) is 11.3 Å². The largest absolute Gasteiger partial charge is 0.386 e. The quantitative estimate of drug-likeness (QED) is 0.711. The third-order valence-electron chi connectivity index (χ3n) is 5.10. The molecular weight excluding hydrogens is 356 g/mol. The van der Waals surface area contributed by atoms with E-state index in [1.54, 1.807) is 43.3 Å². The molecule has 2 heterocycles. The molecule has 7 nitrogen and oxygen atoms in total. The summed E-state index contributed by atoms with van der Waals surface area (Å²) in [7, 11) is 3.45. The first-order valence-corrected chi connectivity index (χ1v) is 9.48. The van der Waals surface area contributed by atoms with Gasteiger partial charge in [0.25, 0.3) is 5.91 Å². The smallest absolute Gasteiger partial charge is 0.253 e. The molecule has 0 aliphatic heterocycles. The molecule has 7 heteroatoms. The monoisotopic (exact) mass is 380 g/mol. The average molecular weight is 380 g/mol. The van der Waals surface area contributed by atoms with Crippen LogP contribution in [-0.4, -0.2) is 57.5 Å². The van der Waals surface area contributed by atoms with Gasteiger partial charge in [0.1, 0.15) is 6.10 Å². The zero-order chi connectivity index (χ0) is 19.7. The second kappa shape index (κ2) is 7.69. The lowest BCUT2D eigenvalue weighted by atomic mass is 9.96. The zero-order valence-corrected chi connectivity index (χ0v) is 16.1. The van der Waals surface area contributed by atoms with Crippen molar-refractivity contribution in [3.05, 3.63) is 53.9 Å². The van der Waals surface area contributed by atoms with Crippen LogP contribution in [0.25, 0.3) is 16.7 Å². The lowest BCUT2D eigenvalue weighted by Gasteiger charge is -2.26. The van der Waals surface area contributed by atoms with Crippen molar-refractivity contribution in [1.29, 1.82) is 0 Å². The normalized spacial score (nSPS) is 15.4. The Kier molecular flexibility index (Phi) is 5.11. The molecule has 4 rings (SSSR count). The molecule has 0 bridgehead atoms. The Morgan fingerprint density at radius 3 is 2.86 bits per heavy atom. The summed E-state index contributed by atoms with van der Waals surface area (Å²) in [5, 5.41) is 15.6. The van der Waals surface area contributed by atoms with Crippen molar-refractivity contribution in [1.82, 2.24) is 19.7 Å². The number of amides is 1. The molecule has 1 aromatic carbocycles. The minimum atomic E-state index is -0.707. The Morgan fingerprint density at radius 1 is 1.32 bits per heavy atom. The van der Waals surface area contributed by atoms with Gasteiger partial charge < -0.3 is 14.7 Å². The Bertz CT molecular complexity index is 994. The highest BCUT2D eigenvalue weighted by molar-refractivity contribution is 5.94. The summed E-state index contributed by atoms with van der Waals surface area (Å²) in [6.45, 7) is 0.278. The van der Waals surface area contributed by atoms with Crippen LogP contribution in [-0.2, 0) is 4.74 Å². The first-order valence-electron chi connectivity index (χ1n) is 9.48. The molecule has 1 saturated carbocycles. The topological polar surface area (TPSA) is 80.5 Å². The molecule has 1 aliphatic rings. The molecule has 0 radical (unpaired) electrons. The zero-order valence-electron chi connectivity index (χ0n) is 16.1. The first-order chi connectivity index (χ1) is 13.5. The number of hydrogen-bond acceptors (Lipinski definition) is 5. The van der Waals surface area contributed by atoms with Crippen LogP contribution in [0.4, 0.5) is 0 Å². The van der Waals surface area contributed by atoms with Crippen LogP contribution >= 0.6 is 0 Å². The van der Waals surface area contributed by atoms with Crippen LogP contribution in [0.3, 0.4) is 0 Å².